The van der Waals surface area contributed by atoms with Crippen molar-refractivity contribution in [2.24, 2.45) is 0 Å². The molecule has 1 heterocycles. The third-order valence-corrected chi connectivity index (χ3v) is 3.26. The van der Waals surface area contributed by atoms with Crippen molar-refractivity contribution in [3.8, 4) is 0 Å². The molecule has 5 heteroatoms. The summed E-state index contributed by atoms with van der Waals surface area (Å²) in [5.74, 6) is -2.04. The molecule has 114 valence electrons. The number of benzene rings is 1. The minimum atomic E-state index is -0.922. The summed E-state index contributed by atoms with van der Waals surface area (Å²) in [6, 6.07) is 11.9. The lowest BCUT2D eigenvalue weighted by atomic mass is 9.93. The first-order valence-corrected chi connectivity index (χ1v) is 7.01. The normalized spacial score (nSPS) is 11.7. The van der Waals surface area contributed by atoms with Crippen LogP contribution < -0.4 is 0 Å². The molecule has 0 aliphatic heterocycles. The van der Waals surface area contributed by atoms with E-state index in [9.17, 15) is 14.7 Å². The molecule has 2 rings (SSSR count). The molecule has 0 spiro atoms. The minimum Gasteiger partial charge on any atom is -0.481 e. The summed E-state index contributed by atoms with van der Waals surface area (Å²) < 4.78 is 4.91. The van der Waals surface area contributed by atoms with Crippen LogP contribution in [0.4, 0.5) is 0 Å². The van der Waals surface area contributed by atoms with E-state index < -0.39 is 17.9 Å². The Morgan fingerprint density at radius 1 is 1.18 bits per heavy atom. The first-order chi connectivity index (χ1) is 10.6. The van der Waals surface area contributed by atoms with E-state index in [-0.39, 0.29) is 0 Å². The maximum atomic E-state index is 11.6. The average Bonchev–Trinajstić information content (AvgIpc) is 2.54. The number of carbonyl (C=O) groups is 2. The molecule has 0 saturated carbocycles. The van der Waals surface area contributed by atoms with Gasteiger partial charge in [-0.1, -0.05) is 18.2 Å². The Hall–Kier alpha value is -2.69. The minimum absolute atomic E-state index is 0.301. The molecule has 2 aromatic rings. The van der Waals surface area contributed by atoms with Gasteiger partial charge in [-0.3, -0.25) is 9.78 Å². The van der Waals surface area contributed by atoms with E-state index in [0.29, 0.717) is 29.8 Å². The monoisotopic (exact) mass is 299 g/mol. The Morgan fingerprint density at radius 2 is 1.91 bits per heavy atom. The third-order valence-electron chi connectivity index (χ3n) is 3.26. The molecule has 1 aromatic heterocycles. The third kappa shape index (κ3) is 3.91. The number of carboxylic acids is 1. The Morgan fingerprint density at radius 3 is 2.45 bits per heavy atom. The van der Waals surface area contributed by atoms with E-state index in [1.807, 2.05) is 6.07 Å². The van der Waals surface area contributed by atoms with Crippen LogP contribution in [0.3, 0.4) is 0 Å². The van der Waals surface area contributed by atoms with Gasteiger partial charge in [0.15, 0.2) is 0 Å². The highest BCUT2D eigenvalue weighted by atomic mass is 16.5. The van der Waals surface area contributed by atoms with Crippen LogP contribution in [0.25, 0.3) is 0 Å². The van der Waals surface area contributed by atoms with Crippen molar-refractivity contribution in [3.05, 3.63) is 65.5 Å². The van der Waals surface area contributed by atoms with E-state index in [0.717, 1.165) is 0 Å². The molecule has 0 aliphatic rings. The van der Waals surface area contributed by atoms with Crippen LogP contribution in [-0.2, 0) is 16.0 Å². The molecular formula is C17H17NO4. The van der Waals surface area contributed by atoms with Gasteiger partial charge in [-0.15, -0.1) is 0 Å². The number of hydrogen-bond donors (Lipinski definition) is 1. The van der Waals surface area contributed by atoms with Crippen molar-refractivity contribution in [3.63, 3.8) is 0 Å². The molecule has 0 saturated heterocycles. The highest BCUT2D eigenvalue weighted by molar-refractivity contribution is 5.89. The number of pyridine rings is 1. The van der Waals surface area contributed by atoms with Crippen molar-refractivity contribution in [2.45, 2.75) is 19.3 Å². The van der Waals surface area contributed by atoms with Gasteiger partial charge in [0.05, 0.1) is 18.1 Å². The fraction of sp³-hybridized carbons (Fsp3) is 0.235. The lowest BCUT2D eigenvalue weighted by Gasteiger charge is -2.13. The number of carboxylic acid groups (broad SMARTS) is 1. The number of aliphatic carboxylic acids is 1. The van der Waals surface area contributed by atoms with Crippen LogP contribution in [0.5, 0.6) is 0 Å². The first kappa shape index (κ1) is 15.7. The van der Waals surface area contributed by atoms with Crippen LogP contribution >= 0.6 is 0 Å². The maximum Gasteiger partial charge on any atom is 0.338 e. The zero-order chi connectivity index (χ0) is 15.9. The molecule has 0 amide bonds. The summed E-state index contributed by atoms with van der Waals surface area (Å²) in [6.45, 7) is 2.04. The number of esters is 1. The Labute approximate surface area is 128 Å². The highest BCUT2D eigenvalue weighted by Crippen LogP contribution is 2.21. The van der Waals surface area contributed by atoms with Crippen molar-refractivity contribution < 1.29 is 19.4 Å². The summed E-state index contributed by atoms with van der Waals surface area (Å²) >= 11 is 0. The summed E-state index contributed by atoms with van der Waals surface area (Å²) in [7, 11) is 0. The predicted octanol–water partition coefficient (Wildman–Crippen LogP) is 2.67. The molecule has 22 heavy (non-hydrogen) atoms. The summed E-state index contributed by atoms with van der Waals surface area (Å²) in [6.07, 6.45) is 1.94. The van der Waals surface area contributed by atoms with Crippen molar-refractivity contribution in [1.82, 2.24) is 4.98 Å². The van der Waals surface area contributed by atoms with E-state index in [1.165, 1.54) is 0 Å². The predicted molar refractivity (Wildman–Crippen MR) is 80.7 cm³/mol. The van der Waals surface area contributed by atoms with Gasteiger partial charge in [0.25, 0.3) is 0 Å². The zero-order valence-corrected chi connectivity index (χ0v) is 12.2. The van der Waals surface area contributed by atoms with E-state index in [1.54, 1.807) is 49.5 Å². The summed E-state index contributed by atoms with van der Waals surface area (Å²) in [5.41, 5.74) is 1.75. The fourth-order valence-electron chi connectivity index (χ4n) is 2.14. The quantitative estimate of drug-likeness (QED) is 0.830. The van der Waals surface area contributed by atoms with Gasteiger partial charge in [-0.2, -0.15) is 0 Å². The molecule has 5 nitrogen and oxygen atoms in total. The van der Waals surface area contributed by atoms with Crippen LogP contribution in [-0.4, -0.2) is 28.6 Å². The number of carbonyl (C=O) groups excluding carboxylic acids is 1. The zero-order valence-electron chi connectivity index (χ0n) is 12.2. The van der Waals surface area contributed by atoms with Gasteiger partial charge >= 0.3 is 11.9 Å². The molecule has 0 aliphatic carbocycles. The van der Waals surface area contributed by atoms with Crippen molar-refractivity contribution in [2.75, 3.05) is 6.61 Å². The van der Waals surface area contributed by atoms with E-state index in [2.05, 4.69) is 4.98 Å². The summed E-state index contributed by atoms with van der Waals surface area (Å²) in [4.78, 5) is 27.3. The molecule has 0 bridgehead atoms. The highest BCUT2D eigenvalue weighted by Gasteiger charge is 2.21. The van der Waals surface area contributed by atoms with Gasteiger partial charge in [0.2, 0.25) is 0 Å². The van der Waals surface area contributed by atoms with Gasteiger partial charge < -0.3 is 9.84 Å². The maximum absolute atomic E-state index is 11.6. The topological polar surface area (TPSA) is 76.5 Å². The van der Waals surface area contributed by atoms with Crippen LogP contribution in [0.1, 0.15) is 34.5 Å². The number of hydrogen-bond acceptors (Lipinski definition) is 4. The van der Waals surface area contributed by atoms with Crippen molar-refractivity contribution >= 4 is 11.9 Å². The van der Waals surface area contributed by atoms with Gasteiger partial charge in [0.1, 0.15) is 0 Å². The fourth-order valence-corrected chi connectivity index (χ4v) is 2.14. The summed E-state index contributed by atoms with van der Waals surface area (Å²) in [5, 5.41) is 9.43. The second-order valence-electron chi connectivity index (χ2n) is 4.76. The SMILES string of the molecule is CCOC(=O)c1ccc(C(Cc2ccccn2)C(=O)O)cc1. The molecular weight excluding hydrogens is 282 g/mol. The average molecular weight is 299 g/mol. The molecule has 1 unspecified atom stereocenters. The van der Waals surface area contributed by atoms with Gasteiger partial charge in [-0.25, -0.2) is 4.79 Å². The first-order valence-electron chi connectivity index (χ1n) is 7.01. The number of rotatable bonds is 6. The molecule has 1 aromatic carbocycles. The Bertz CT molecular complexity index is 637. The number of aromatic nitrogens is 1. The second kappa shape index (κ2) is 7.36. The van der Waals surface area contributed by atoms with Gasteiger partial charge in [-0.05, 0) is 36.8 Å². The van der Waals surface area contributed by atoms with Crippen LogP contribution in [0.15, 0.2) is 48.7 Å². The van der Waals surface area contributed by atoms with Gasteiger partial charge in [0, 0.05) is 18.3 Å². The van der Waals surface area contributed by atoms with Crippen LogP contribution in [0.2, 0.25) is 0 Å². The second-order valence-corrected chi connectivity index (χ2v) is 4.76. The Kier molecular flexibility index (Phi) is 5.25. The number of ether oxygens (including phenoxy) is 1. The lowest BCUT2D eigenvalue weighted by Crippen LogP contribution is -2.15. The largest absolute Gasteiger partial charge is 0.481 e. The smallest absolute Gasteiger partial charge is 0.338 e. The van der Waals surface area contributed by atoms with Crippen LogP contribution in [0, 0.1) is 0 Å². The van der Waals surface area contributed by atoms with Crippen molar-refractivity contribution in [1.29, 1.82) is 0 Å². The standard InChI is InChI=1S/C17H17NO4/c1-2-22-17(21)13-8-6-12(7-9-13)15(16(19)20)11-14-5-3-4-10-18-14/h3-10,15H,2,11H2,1H3,(H,19,20). The Balaban J connectivity index is 2.19. The van der Waals surface area contributed by atoms with E-state index in [4.69, 9.17) is 4.74 Å². The van der Waals surface area contributed by atoms with E-state index >= 15 is 0 Å². The molecule has 1 atom stereocenters. The lowest BCUT2D eigenvalue weighted by molar-refractivity contribution is -0.138. The molecule has 1 N–H and O–H groups in total. The number of nitrogens with zero attached hydrogens (tertiary/aromatic N) is 1. The molecule has 0 radical (unpaired) electrons. The molecule has 0 fully saturated rings.